The number of aliphatic imine (C=N–C) groups is 1. The van der Waals surface area contributed by atoms with Gasteiger partial charge >= 0.3 is 0 Å². The summed E-state index contributed by atoms with van der Waals surface area (Å²) in [6.45, 7) is 4.48. The van der Waals surface area contributed by atoms with Crippen molar-refractivity contribution in [3.8, 4) is 0 Å². The Morgan fingerprint density at radius 2 is 2.11 bits per heavy atom. The van der Waals surface area contributed by atoms with Crippen LogP contribution < -0.4 is 10.6 Å². The Morgan fingerprint density at radius 1 is 1.37 bits per heavy atom. The first-order valence-corrected chi connectivity index (χ1v) is 6.94. The van der Waals surface area contributed by atoms with Crippen molar-refractivity contribution in [1.82, 2.24) is 15.5 Å². The number of hydrogen-bond acceptors (Lipinski definition) is 2. The Labute approximate surface area is 115 Å². The van der Waals surface area contributed by atoms with E-state index in [1.165, 1.54) is 5.56 Å². The Hall–Kier alpha value is -1.55. The summed E-state index contributed by atoms with van der Waals surface area (Å²) in [7, 11) is 3.70. The standard InChI is InChI=1S/C15H24N4/c1-12(13-7-5-4-6-8-13)19-10-9-14(11-19)18-15(16-2)17-3/h4-8,12,14H,9-11H2,1-3H3,(H2,16,17,18). The third-order valence-corrected chi connectivity index (χ3v) is 3.85. The van der Waals surface area contributed by atoms with E-state index in [2.05, 4.69) is 57.8 Å². The van der Waals surface area contributed by atoms with Crippen LogP contribution in [-0.2, 0) is 0 Å². The second-order valence-corrected chi connectivity index (χ2v) is 5.03. The summed E-state index contributed by atoms with van der Waals surface area (Å²) < 4.78 is 0. The summed E-state index contributed by atoms with van der Waals surface area (Å²) in [5, 5.41) is 6.52. The minimum atomic E-state index is 0.476. The van der Waals surface area contributed by atoms with Crippen LogP contribution in [0.3, 0.4) is 0 Å². The van der Waals surface area contributed by atoms with Crippen molar-refractivity contribution in [3.05, 3.63) is 35.9 Å². The topological polar surface area (TPSA) is 39.7 Å². The van der Waals surface area contributed by atoms with Gasteiger partial charge in [-0.15, -0.1) is 0 Å². The van der Waals surface area contributed by atoms with Gasteiger partial charge in [-0.3, -0.25) is 9.89 Å². The van der Waals surface area contributed by atoms with Gasteiger partial charge in [0.25, 0.3) is 0 Å². The van der Waals surface area contributed by atoms with E-state index in [0.29, 0.717) is 12.1 Å². The van der Waals surface area contributed by atoms with Crippen molar-refractivity contribution in [2.45, 2.75) is 25.4 Å². The molecule has 2 N–H and O–H groups in total. The molecule has 2 rings (SSSR count). The normalized spacial score (nSPS) is 22.3. The fourth-order valence-electron chi connectivity index (χ4n) is 2.64. The van der Waals surface area contributed by atoms with Crippen LogP contribution in [0.2, 0.25) is 0 Å². The highest BCUT2D eigenvalue weighted by Gasteiger charge is 2.26. The summed E-state index contributed by atoms with van der Waals surface area (Å²) in [5.41, 5.74) is 1.39. The molecular formula is C15H24N4. The van der Waals surface area contributed by atoms with Gasteiger partial charge in [0.1, 0.15) is 0 Å². The third kappa shape index (κ3) is 3.47. The summed E-state index contributed by atoms with van der Waals surface area (Å²) in [4.78, 5) is 6.70. The van der Waals surface area contributed by atoms with E-state index in [-0.39, 0.29) is 0 Å². The van der Waals surface area contributed by atoms with E-state index in [1.807, 2.05) is 7.05 Å². The smallest absolute Gasteiger partial charge is 0.190 e. The van der Waals surface area contributed by atoms with Gasteiger partial charge in [0, 0.05) is 39.3 Å². The zero-order chi connectivity index (χ0) is 13.7. The summed E-state index contributed by atoms with van der Waals surface area (Å²) >= 11 is 0. The molecule has 1 saturated heterocycles. The molecular weight excluding hydrogens is 236 g/mol. The van der Waals surface area contributed by atoms with Crippen molar-refractivity contribution in [2.75, 3.05) is 27.2 Å². The monoisotopic (exact) mass is 260 g/mol. The molecule has 2 atom stereocenters. The quantitative estimate of drug-likeness (QED) is 0.641. The number of hydrogen-bond donors (Lipinski definition) is 2. The number of nitrogens with zero attached hydrogens (tertiary/aromatic N) is 2. The van der Waals surface area contributed by atoms with Gasteiger partial charge in [-0.05, 0) is 18.9 Å². The van der Waals surface area contributed by atoms with E-state index in [4.69, 9.17) is 0 Å². The molecule has 0 amide bonds. The van der Waals surface area contributed by atoms with Gasteiger partial charge in [-0.1, -0.05) is 30.3 Å². The van der Waals surface area contributed by atoms with Crippen LogP contribution >= 0.6 is 0 Å². The van der Waals surface area contributed by atoms with Crippen LogP contribution in [0.25, 0.3) is 0 Å². The molecule has 19 heavy (non-hydrogen) atoms. The molecule has 4 heteroatoms. The van der Waals surface area contributed by atoms with Gasteiger partial charge in [0.05, 0.1) is 0 Å². The van der Waals surface area contributed by atoms with Crippen LogP contribution in [0, 0.1) is 0 Å². The van der Waals surface area contributed by atoms with Crippen molar-refractivity contribution in [1.29, 1.82) is 0 Å². The highest BCUT2D eigenvalue weighted by atomic mass is 15.2. The Bertz CT molecular complexity index is 415. The molecule has 0 spiro atoms. The molecule has 2 unspecified atom stereocenters. The minimum absolute atomic E-state index is 0.476. The van der Waals surface area contributed by atoms with Gasteiger partial charge in [0.15, 0.2) is 5.96 Å². The molecule has 0 aromatic heterocycles. The Balaban J connectivity index is 1.91. The van der Waals surface area contributed by atoms with Crippen molar-refractivity contribution >= 4 is 5.96 Å². The minimum Gasteiger partial charge on any atom is -0.359 e. The fourth-order valence-corrected chi connectivity index (χ4v) is 2.64. The van der Waals surface area contributed by atoms with Crippen LogP contribution in [0.5, 0.6) is 0 Å². The molecule has 1 heterocycles. The summed E-state index contributed by atoms with van der Waals surface area (Å²) in [5.74, 6) is 0.874. The highest BCUT2D eigenvalue weighted by Crippen LogP contribution is 2.24. The fraction of sp³-hybridized carbons (Fsp3) is 0.533. The largest absolute Gasteiger partial charge is 0.359 e. The lowest BCUT2D eigenvalue weighted by Crippen LogP contribution is -2.43. The molecule has 1 fully saturated rings. The predicted molar refractivity (Wildman–Crippen MR) is 80.4 cm³/mol. The van der Waals surface area contributed by atoms with E-state index >= 15 is 0 Å². The number of guanidine groups is 1. The molecule has 1 aliphatic heterocycles. The number of benzene rings is 1. The molecule has 1 aromatic carbocycles. The molecule has 1 aliphatic rings. The van der Waals surface area contributed by atoms with Crippen molar-refractivity contribution in [3.63, 3.8) is 0 Å². The lowest BCUT2D eigenvalue weighted by atomic mass is 10.1. The summed E-state index contributed by atoms with van der Waals surface area (Å²) in [6.07, 6.45) is 1.16. The van der Waals surface area contributed by atoms with Gasteiger partial charge in [-0.2, -0.15) is 0 Å². The van der Waals surface area contributed by atoms with Crippen molar-refractivity contribution in [2.24, 2.45) is 4.99 Å². The first-order chi connectivity index (χ1) is 9.24. The maximum atomic E-state index is 4.17. The lowest BCUT2D eigenvalue weighted by molar-refractivity contribution is 0.258. The zero-order valence-electron chi connectivity index (χ0n) is 12.1. The molecule has 0 saturated carbocycles. The third-order valence-electron chi connectivity index (χ3n) is 3.85. The maximum Gasteiger partial charge on any atom is 0.190 e. The average molecular weight is 260 g/mol. The molecule has 1 aromatic rings. The maximum absolute atomic E-state index is 4.17. The Morgan fingerprint density at radius 3 is 2.74 bits per heavy atom. The van der Waals surface area contributed by atoms with Gasteiger partial charge in [0.2, 0.25) is 0 Å². The van der Waals surface area contributed by atoms with E-state index in [1.54, 1.807) is 7.05 Å². The second kappa shape index (κ2) is 6.57. The van der Waals surface area contributed by atoms with Crippen LogP contribution in [0.1, 0.15) is 24.9 Å². The molecule has 0 radical (unpaired) electrons. The molecule has 0 bridgehead atoms. The molecule has 4 nitrogen and oxygen atoms in total. The SMILES string of the molecule is CN=C(NC)NC1CCN(C(C)c2ccccc2)C1. The van der Waals surface area contributed by atoms with Gasteiger partial charge < -0.3 is 10.6 Å². The first kappa shape index (κ1) is 13.9. The number of likely N-dealkylation sites (tertiary alicyclic amines) is 1. The lowest BCUT2D eigenvalue weighted by Gasteiger charge is -2.25. The zero-order valence-corrected chi connectivity index (χ0v) is 12.1. The van der Waals surface area contributed by atoms with Crippen LogP contribution in [0.4, 0.5) is 0 Å². The van der Waals surface area contributed by atoms with E-state index in [9.17, 15) is 0 Å². The highest BCUT2D eigenvalue weighted by molar-refractivity contribution is 5.79. The van der Waals surface area contributed by atoms with Crippen LogP contribution in [-0.4, -0.2) is 44.1 Å². The number of nitrogens with one attached hydrogen (secondary N) is 2. The van der Waals surface area contributed by atoms with E-state index < -0.39 is 0 Å². The van der Waals surface area contributed by atoms with Crippen molar-refractivity contribution < 1.29 is 0 Å². The molecule has 0 aliphatic carbocycles. The average Bonchev–Trinajstić information content (AvgIpc) is 2.93. The molecule has 104 valence electrons. The van der Waals surface area contributed by atoms with E-state index in [0.717, 1.165) is 25.5 Å². The Kier molecular flexibility index (Phi) is 4.80. The summed E-state index contributed by atoms with van der Waals surface area (Å²) in [6, 6.07) is 11.7. The number of rotatable bonds is 3. The first-order valence-electron chi connectivity index (χ1n) is 6.94. The van der Waals surface area contributed by atoms with Gasteiger partial charge in [-0.25, -0.2) is 0 Å². The predicted octanol–water partition coefficient (Wildman–Crippen LogP) is 1.62. The second-order valence-electron chi connectivity index (χ2n) is 5.03. The van der Waals surface area contributed by atoms with Crippen LogP contribution in [0.15, 0.2) is 35.3 Å².